The Morgan fingerprint density at radius 2 is 2.14 bits per heavy atom. The van der Waals surface area contributed by atoms with Crippen LogP contribution in [0.1, 0.15) is 26.7 Å². The summed E-state index contributed by atoms with van der Waals surface area (Å²) in [6.07, 6.45) is 1.54. The molecule has 0 aromatic carbocycles. The van der Waals surface area contributed by atoms with Gasteiger partial charge in [0.25, 0.3) is 0 Å². The van der Waals surface area contributed by atoms with Gasteiger partial charge in [0.1, 0.15) is 0 Å². The number of halogens is 1. The van der Waals surface area contributed by atoms with Gasteiger partial charge in [0.2, 0.25) is 5.91 Å². The number of carbonyl (C=O) groups is 1. The summed E-state index contributed by atoms with van der Waals surface area (Å²) < 4.78 is 4.98. The summed E-state index contributed by atoms with van der Waals surface area (Å²) in [5.74, 6) is 0.686. The molecule has 1 atom stereocenters. The van der Waals surface area contributed by atoms with E-state index in [4.69, 9.17) is 4.74 Å². The Labute approximate surface area is 94.7 Å². The summed E-state index contributed by atoms with van der Waals surface area (Å²) in [5.41, 5.74) is 0. The van der Waals surface area contributed by atoms with Crippen LogP contribution in [-0.2, 0) is 9.53 Å². The number of methoxy groups -OCH3 is 1. The highest BCUT2D eigenvalue weighted by atomic mass is 79.9. The molecule has 0 aromatic heterocycles. The Morgan fingerprint density at radius 3 is 2.57 bits per heavy atom. The molecule has 0 saturated heterocycles. The van der Waals surface area contributed by atoms with Crippen LogP contribution in [-0.4, -0.2) is 31.0 Å². The quantitative estimate of drug-likeness (QED) is 0.715. The molecule has 1 amide bonds. The molecule has 1 unspecified atom stereocenters. The molecule has 0 aromatic rings. The molecule has 0 heterocycles. The third-order valence-electron chi connectivity index (χ3n) is 1.87. The first-order valence-electron chi connectivity index (χ1n) is 4.94. The van der Waals surface area contributed by atoms with Gasteiger partial charge < -0.3 is 10.1 Å². The lowest BCUT2D eigenvalue weighted by Gasteiger charge is -2.15. The lowest BCUT2D eigenvalue weighted by atomic mass is 10.1. The van der Waals surface area contributed by atoms with Gasteiger partial charge in [0.15, 0.2) is 0 Å². The molecular weight excluding hydrogens is 246 g/mol. The molecule has 0 saturated carbocycles. The van der Waals surface area contributed by atoms with Gasteiger partial charge in [0, 0.05) is 18.9 Å². The highest BCUT2D eigenvalue weighted by Gasteiger charge is 2.10. The van der Waals surface area contributed by atoms with Crippen molar-refractivity contribution in [3.8, 4) is 0 Å². The Bertz CT molecular complexity index is 162. The Kier molecular flexibility index (Phi) is 8.18. The van der Waals surface area contributed by atoms with Crippen molar-refractivity contribution < 1.29 is 9.53 Å². The molecule has 4 heteroatoms. The van der Waals surface area contributed by atoms with Crippen molar-refractivity contribution in [2.45, 2.75) is 32.7 Å². The average molecular weight is 266 g/mol. The van der Waals surface area contributed by atoms with Gasteiger partial charge in [-0.15, -0.1) is 0 Å². The van der Waals surface area contributed by atoms with Crippen LogP contribution < -0.4 is 5.32 Å². The largest absolute Gasteiger partial charge is 0.383 e. The zero-order valence-corrected chi connectivity index (χ0v) is 10.8. The molecule has 0 bridgehead atoms. The van der Waals surface area contributed by atoms with Gasteiger partial charge in [-0.3, -0.25) is 4.79 Å². The monoisotopic (exact) mass is 265 g/mol. The first-order chi connectivity index (χ1) is 6.60. The van der Waals surface area contributed by atoms with E-state index >= 15 is 0 Å². The molecule has 0 aliphatic carbocycles. The topological polar surface area (TPSA) is 38.3 Å². The van der Waals surface area contributed by atoms with Crippen molar-refractivity contribution in [1.29, 1.82) is 0 Å². The fourth-order valence-electron chi connectivity index (χ4n) is 1.05. The number of amides is 1. The smallest absolute Gasteiger partial charge is 0.220 e. The maximum Gasteiger partial charge on any atom is 0.220 e. The number of nitrogens with one attached hydrogen (secondary N) is 1. The zero-order valence-electron chi connectivity index (χ0n) is 9.18. The second-order valence-corrected chi connectivity index (χ2v) is 4.45. The molecule has 0 aliphatic heterocycles. The maximum atomic E-state index is 11.4. The lowest BCUT2D eigenvalue weighted by Crippen LogP contribution is -2.39. The lowest BCUT2D eigenvalue weighted by molar-refractivity contribution is -0.122. The minimum absolute atomic E-state index is 0.0830. The van der Waals surface area contributed by atoms with Gasteiger partial charge in [-0.25, -0.2) is 0 Å². The number of hydrogen-bond donors (Lipinski definition) is 1. The van der Waals surface area contributed by atoms with Crippen LogP contribution in [0.15, 0.2) is 0 Å². The second kappa shape index (κ2) is 8.24. The maximum absolute atomic E-state index is 11.4. The van der Waals surface area contributed by atoms with Gasteiger partial charge in [-0.2, -0.15) is 0 Å². The molecule has 84 valence electrons. The normalized spacial score (nSPS) is 12.9. The fraction of sp³-hybridized carbons (Fsp3) is 0.900. The Balaban J connectivity index is 3.67. The van der Waals surface area contributed by atoms with Gasteiger partial charge >= 0.3 is 0 Å². The average Bonchev–Trinajstić information content (AvgIpc) is 2.14. The molecule has 3 nitrogen and oxygen atoms in total. The summed E-state index contributed by atoms with van der Waals surface area (Å²) in [7, 11) is 1.63. The van der Waals surface area contributed by atoms with E-state index in [1.807, 2.05) is 0 Å². The van der Waals surface area contributed by atoms with E-state index in [0.29, 0.717) is 18.9 Å². The van der Waals surface area contributed by atoms with Crippen LogP contribution in [0.3, 0.4) is 0 Å². The van der Waals surface area contributed by atoms with Crippen LogP contribution >= 0.6 is 15.9 Å². The SMILES string of the molecule is COCC(CBr)NC(=O)CCC(C)C. The molecule has 0 aliphatic rings. The minimum atomic E-state index is 0.0830. The van der Waals surface area contributed by atoms with E-state index in [1.165, 1.54) is 0 Å². The molecular formula is C10H20BrNO2. The number of ether oxygens (including phenoxy) is 1. The minimum Gasteiger partial charge on any atom is -0.383 e. The number of carbonyl (C=O) groups excluding carboxylic acids is 1. The van der Waals surface area contributed by atoms with Crippen LogP contribution in [0.25, 0.3) is 0 Å². The van der Waals surface area contributed by atoms with Crippen LogP contribution in [0.2, 0.25) is 0 Å². The van der Waals surface area contributed by atoms with Crippen molar-refractivity contribution in [3.05, 3.63) is 0 Å². The van der Waals surface area contributed by atoms with E-state index in [9.17, 15) is 4.79 Å². The Morgan fingerprint density at radius 1 is 1.50 bits per heavy atom. The predicted octanol–water partition coefficient (Wildman–Crippen LogP) is 1.95. The van der Waals surface area contributed by atoms with Crippen LogP contribution in [0, 0.1) is 5.92 Å². The highest BCUT2D eigenvalue weighted by Crippen LogP contribution is 2.03. The fourth-order valence-corrected chi connectivity index (χ4v) is 1.39. The first-order valence-corrected chi connectivity index (χ1v) is 6.06. The number of hydrogen-bond acceptors (Lipinski definition) is 2. The van der Waals surface area contributed by atoms with Gasteiger partial charge in [-0.1, -0.05) is 29.8 Å². The molecule has 0 fully saturated rings. The summed E-state index contributed by atoms with van der Waals surface area (Å²) in [6.45, 7) is 4.79. The van der Waals surface area contributed by atoms with Crippen molar-refractivity contribution in [2.75, 3.05) is 19.0 Å². The molecule has 14 heavy (non-hydrogen) atoms. The van der Waals surface area contributed by atoms with Crippen molar-refractivity contribution >= 4 is 21.8 Å². The third-order valence-corrected chi connectivity index (χ3v) is 2.65. The summed E-state index contributed by atoms with van der Waals surface area (Å²) >= 11 is 3.33. The van der Waals surface area contributed by atoms with Crippen molar-refractivity contribution in [3.63, 3.8) is 0 Å². The van der Waals surface area contributed by atoms with E-state index in [-0.39, 0.29) is 11.9 Å². The molecule has 1 N–H and O–H groups in total. The summed E-state index contributed by atoms with van der Waals surface area (Å²) in [4.78, 5) is 11.4. The van der Waals surface area contributed by atoms with E-state index in [0.717, 1.165) is 11.8 Å². The first kappa shape index (κ1) is 13.9. The van der Waals surface area contributed by atoms with Crippen molar-refractivity contribution in [2.24, 2.45) is 5.92 Å². The second-order valence-electron chi connectivity index (χ2n) is 3.81. The number of rotatable bonds is 7. The van der Waals surface area contributed by atoms with Gasteiger partial charge in [0.05, 0.1) is 12.6 Å². The standard InChI is InChI=1S/C10H20BrNO2/c1-8(2)4-5-10(13)12-9(6-11)7-14-3/h8-9H,4-7H2,1-3H3,(H,12,13). The number of alkyl halides is 1. The molecule has 0 rings (SSSR count). The van der Waals surface area contributed by atoms with E-state index < -0.39 is 0 Å². The molecule has 0 spiro atoms. The van der Waals surface area contributed by atoms with Crippen LogP contribution in [0.5, 0.6) is 0 Å². The van der Waals surface area contributed by atoms with Crippen molar-refractivity contribution in [1.82, 2.24) is 5.32 Å². The molecule has 0 radical (unpaired) electrons. The third kappa shape index (κ3) is 7.33. The summed E-state index contributed by atoms with van der Waals surface area (Å²) in [5, 5.41) is 3.64. The van der Waals surface area contributed by atoms with Gasteiger partial charge in [-0.05, 0) is 12.3 Å². The highest BCUT2D eigenvalue weighted by molar-refractivity contribution is 9.09. The van der Waals surface area contributed by atoms with E-state index in [2.05, 4.69) is 35.1 Å². The van der Waals surface area contributed by atoms with E-state index in [1.54, 1.807) is 7.11 Å². The predicted molar refractivity (Wildman–Crippen MR) is 61.7 cm³/mol. The summed E-state index contributed by atoms with van der Waals surface area (Å²) in [6, 6.07) is 0.0830. The van der Waals surface area contributed by atoms with Crippen LogP contribution in [0.4, 0.5) is 0 Å². The zero-order chi connectivity index (χ0) is 11.0. The Hall–Kier alpha value is -0.0900.